The molecule has 3 nitrogen and oxygen atoms in total. The van der Waals surface area contributed by atoms with Crippen LogP contribution in [0.5, 0.6) is 0 Å². The Morgan fingerprint density at radius 1 is 1.24 bits per heavy atom. The van der Waals surface area contributed by atoms with Gasteiger partial charge in [-0.1, -0.05) is 26.0 Å². The Morgan fingerprint density at radius 2 is 1.90 bits per heavy atom. The lowest BCUT2D eigenvalue weighted by Gasteiger charge is -2.18. The quantitative estimate of drug-likeness (QED) is 0.780. The summed E-state index contributed by atoms with van der Waals surface area (Å²) < 4.78 is 2.94. The minimum Gasteiger partial charge on any atom is -0.342 e. The molecule has 0 bridgehead atoms. The molecule has 2 aromatic rings. The molecule has 0 atom stereocenters. The van der Waals surface area contributed by atoms with E-state index in [4.69, 9.17) is 0 Å². The molecular weight excluding hydrogens is 328 g/mol. The smallest absolute Gasteiger partial charge is 0.274 e. The fourth-order valence-electron chi connectivity index (χ4n) is 2.32. The standard InChI is InChI=1S/C17H21BrN2O/c1-4-10-20-12-14(18)11-16(20)17(21)19(3)15-8-6-13(5-2)7-9-15/h6-9,11-12H,4-5,10H2,1-3H3. The summed E-state index contributed by atoms with van der Waals surface area (Å²) in [5, 5.41) is 0. The molecule has 21 heavy (non-hydrogen) atoms. The van der Waals surface area contributed by atoms with E-state index in [0.717, 1.165) is 29.5 Å². The van der Waals surface area contributed by atoms with Crippen molar-refractivity contribution in [1.29, 1.82) is 0 Å². The second-order valence-electron chi connectivity index (χ2n) is 5.12. The molecule has 0 N–H and O–H groups in total. The number of aryl methyl sites for hydroxylation is 2. The van der Waals surface area contributed by atoms with Crippen molar-refractivity contribution in [3.05, 3.63) is 52.3 Å². The zero-order valence-corrected chi connectivity index (χ0v) is 14.4. The Hall–Kier alpha value is -1.55. The van der Waals surface area contributed by atoms with Crippen molar-refractivity contribution in [2.75, 3.05) is 11.9 Å². The number of benzene rings is 1. The van der Waals surface area contributed by atoms with Crippen molar-refractivity contribution in [2.24, 2.45) is 0 Å². The van der Waals surface area contributed by atoms with Gasteiger partial charge in [0.1, 0.15) is 5.69 Å². The highest BCUT2D eigenvalue weighted by molar-refractivity contribution is 9.10. The minimum atomic E-state index is 0.0124. The number of nitrogens with zero attached hydrogens (tertiary/aromatic N) is 2. The molecule has 0 saturated heterocycles. The van der Waals surface area contributed by atoms with Crippen LogP contribution in [-0.4, -0.2) is 17.5 Å². The molecule has 1 aromatic heterocycles. The van der Waals surface area contributed by atoms with E-state index in [1.807, 2.05) is 36.0 Å². The lowest BCUT2D eigenvalue weighted by Crippen LogP contribution is -2.28. The van der Waals surface area contributed by atoms with Gasteiger partial charge in [0, 0.05) is 29.9 Å². The van der Waals surface area contributed by atoms with E-state index < -0.39 is 0 Å². The summed E-state index contributed by atoms with van der Waals surface area (Å²) >= 11 is 3.45. The SMILES string of the molecule is CCCn1cc(Br)cc1C(=O)N(C)c1ccc(CC)cc1. The maximum absolute atomic E-state index is 12.7. The van der Waals surface area contributed by atoms with Crippen LogP contribution in [0.1, 0.15) is 36.3 Å². The van der Waals surface area contributed by atoms with Crippen LogP contribution >= 0.6 is 15.9 Å². The zero-order chi connectivity index (χ0) is 15.4. The predicted octanol–water partition coefficient (Wildman–Crippen LogP) is 4.50. The molecule has 0 saturated carbocycles. The third-order valence-corrected chi connectivity index (χ3v) is 4.02. The van der Waals surface area contributed by atoms with Crippen molar-refractivity contribution < 1.29 is 4.79 Å². The Morgan fingerprint density at radius 3 is 2.48 bits per heavy atom. The highest BCUT2D eigenvalue weighted by Gasteiger charge is 2.18. The molecule has 0 radical (unpaired) electrons. The number of carbonyl (C=O) groups is 1. The second kappa shape index (κ2) is 6.94. The van der Waals surface area contributed by atoms with Crippen molar-refractivity contribution >= 4 is 27.5 Å². The summed E-state index contributed by atoms with van der Waals surface area (Å²) in [4.78, 5) is 14.4. The Kier molecular flexibility index (Phi) is 5.23. The molecule has 0 fully saturated rings. The van der Waals surface area contributed by atoms with Crippen LogP contribution in [-0.2, 0) is 13.0 Å². The monoisotopic (exact) mass is 348 g/mol. The fourth-order valence-corrected chi connectivity index (χ4v) is 2.79. The molecular formula is C17H21BrN2O. The Bertz CT molecular complexity index is 616. The number of amides is 1. The van der Waals surface area contributed by atoms with Crippen LogP contribution in [0.3, 0.4) is 0 Å². The van der Waals surface area contributed by atoms with Gasteiger partial charge in [-0.3, -0.25) is 4.79 Å². The highest BCUT2D eigenvalue weighted by atomic mass is 79.9. The van der Waals surface area contributed by atoms with Gasteiger partial charge in [0.05, 0.1) is 0 Å². The van der Waals surface area contributed by atoms with Gasteiger partial charge in [-0.2, -0.15) is 0 Å². The Balaban J connectivity index is 2.25. The van der Waals surface area contributed by atoms with Gasteiger partial charge in [-0.05, 0) is 52.5 Å². The van der Waals surface area contributed by atoms with Crippen LogP contribution in [0.2, 0.25) is 0 Å². The summed E-state index contributed by atoms with van der Waals surface area (Å²) in [6, 6.07) is 10.0. The molecule has 0 unspecified atom stereocenters. The number of carbonyl (C=O) groups excluding carboxylic acids is 1. The normalized spacial score (nSPS) is 10.7. The van der Waals surface area contributed by atoms with Crippen LogP contribution in [0, 0.1) is 0 Å². The first-order chi connectivity index (χ1) is 10.1. The highest BCUT2D eigenvalue weighted by Crippen LogP contribution is 2.21. The number of rotatable bonds is 5. The summed E-state index contributed by atoms with van der Waals surface area (Å²) in [6.45, 7) is 5.07. The maximum atomic E-state index is 12.7. The van der Waals surface area contributed by atoms with E-state index in [1.165, 1.54) is 5.56 Å². The predicted molar refractivity (Wildman–Crippen MR) is 91.0 cm³/mol. The number of halogens is 1. The molecule has 1 amide bonds. The molecule has 112 valence electrons. The first-order valence-corrected chi connectivity index (χ1v) is 8.08. The van der Waals surface area contributed by atoms with E-state index in [-0.39, 0.29) is 5.91 Å². The molecule has 2 rings (SSSR count). The molecule has 0 aliphatic heterocycles. The van der Waals surface area contributed by atoms with Gasteiger partial charge in [0.2, 0.25) is 0 Å². The van der Waals surface area contributed by atoms with E-state index in [9.17, 15) is 4.79 Å². The number of aromatic nitrogens is 1. The summed E-state index contributed by atoms with van der Waals surface area (Å²) in [7, 11) is 1.82. The van der Waals surface area contributed by atoms with Crippen LogP contribution in [0.15, 0.2) is 41.0 Å². The second-order valence-corrected chi connectivity index (χ2v) is 6.04. The molecule has 0 spiro atoms. The van der Waals surface area contributed by atoms with Crippen molar-refractivity contribution in [2.45, 2.75) is 33.2 Å². The summed E-state index contributed by atoms with van der Waals surface area (Å²) in [5.41, 5.74) is 2.90. The van der Waals surface area contributed by atoms with Gasteiger partial charge < -0.3 is 9.47 Å². The molecule has 1 aromatic carbocycles. The van der Waals surface area contributed by atoms with Gasteiger partial charge in [-0.25, -0.2) is 0 Å². The van der Waals surface area contributed by atoms with Gasteiger partial charge in [0.25, 0.3) is 5.91 Å². The van der Waals surface area contributed by atoms with E-state index >= 15 is 0 Å². The first kappa shape index (κ1) is 15.8. The van der Waals surface area contributed by atoms with Crippen LogP contribution < -0.4 is 4.90 Å². The molecule has 1 heterocycles. The third kappa shape index (κ3) is 3.56. The lowest BCUT2D eigenvalue weighted by atomic mass is 10.1. The molecule has 4 heteroatoms. The fraction of sp³-hybridized carbons (Fsp3) is 0.353. The Labute approximate surface area is 134 Å². The molecule has 0 aliphatic rings. The first-order valence-electron chi connectivity index (χ1n) is 7.29. The maximum Gasteiger partial charge on any atom is 0.274 e. The van der Waals surface area contributed by atoms with E-state index in [0.29, 0.717) is 5.69 Å². The number of hydrogen-bond acceptors (Lipinski definition) is 1. The number of hydrogen-bond donors (Lipinski definition) is 0. The minimum absolute atomic E-state index is 0.0124. The zero-order valence-electron chi connectivity index (χ0n) is 12.8. The van der Waals surface area contributed by atoms with Gasteiger partial charge >= 0.3 is 0 Å². The van der Waals surface area contributed by atoms with E-state index in [2.05, 4.69) is 41.9 Å². The largest absolute Gasteiger partial charge is 0.342 e. The van der Waals surface area contributed by atoms with Crippen LogP contribution in [0.25, 0.3) is 0 Å². The molecule has 0 aliphatic carbocycles. The van der Waals surface area contributed by atoms with Gasteiger partial charge in [-0.15, -0.1) is 0 Å². The number of anilines is 1. The average molecular weight is 349 g/mol. The lowest BCUT2D eigenvalue weighted by molar-refractivity contribution is 0.0984. The van der Waals surface area contributed by atoms with Crippen molar-refractivity contribution in [1.82, 2.24) is 4.57 Å². The van der Waals surface area contributed by atoms with E-state index in [1.54, 1.807) is 4.90 Å². The third-order valence-electron chi connectivity index (χ3n) is 3.58. The summed E-state index contributed by atoms with van der Waals surface area (Å²) in [5.74, 6) is 0.0124. The van der Waals surface area contributed by atoms with Crippen LogP contribution in [0.4, 0.5) is 5.69 Å². The van der Waals surface area contributed by atoms with Crippen molar-refractivity contribution in [3.8, 4) is 0 Å². The topological polar surface area (TPSA) is 25.2 Å². The summed E-state index contributed by atoms with van der Waals surface area (Å²) in [6.07, 6.45) is 3.96. The average Bonchev–Trinajstić information content (AvgIpc) is 2.87. The van der Waals surface area contributed by atoms with Crippen molar-refractivity contribution in [3.63, 3.8) is 0 Å². The van der Waals surface area contributed by atoms with Gasteiger partial charge in [0.15, 0.2) is 0 Å².